The molecule has 2 saturated heterocycles. The molecule has 0 bridgehead atoms. The summed E-state index contributed by atoms with van der Waals surface area (Å²) in [5.41, 5.74) is 0.598. The molecule has 2 atom stereocenters. The van der Waals surface area contributed by atoms with Crippen molar-refractivity contribution in [2.75, 3.05) is 32.1 Å². The summed E-state index contributed by atoms with van der Waals surface area (Å²) in [6.45, 7) is 1.84. The molecule has 1 aromatic carbocycles. The zero-order chi connectivity index (χ0) is 17.6. The fourth-order valence-electron chi connectivity index (χ4n) is 3.35. The molecule has 0 unspecified atom stereocenters. The van der Waals surface area contributed by atoms with Crippen molar-refractivity contribution >= 4 is 17.6 Å². The van der Waals surface area contributed by atoms with Crippen molar-refractivity contribution in [1.82, 2.24) is 10.2 Å². The third-order valence-electron chi connectivity index (χ3n) is 4.69. The quantitative estimate of drug-likeness (QED) is 0.854. The normalized spacial score (nSPS) is 22.7. The number of anilines is 1. The van der Waals surface area contributed by atoms with Crippen LogP contribution in [0.4, 0.5) is 10.5 Å². The van der Waals surface area contributed by atoms with E-state index in [9.17, 15) is 9.59 Å². The molecule has 25 heavy (non-hydrogen) atoms. The number of carbonyl (C=O) groups is 2. The van der Waals surface area contributed by atoms with Gasteiger partial charge in [-0.1, -0.05) is 12.1 Å². The van der Waals surface area contributed by atoms with Crippen LogP contribution >= 0.6 is 0 Å². The lowest BCUT2D eigenvalue weighted by Crippen LogP contribution is -2.48. The Balaban J connectivity index is 1.58. The maximum atomic E-state index is 12.6. The average Bonchev–Trinajstić information content (AvgIpc) is 3.31. The lowest BCUT2D eigenvalue weighted by atomic mass is 10.2. The zero-order valence-electron chi connectivity index (χ0n) is 14.5. The molecular formula is C18H25N3O4. The van der Waals surface area contributed by atoms with Gasteiger partial charge >= 0.3 is 6.03 Å². The van der Waals surface area contributed by atoms with Crippen molar-refractivity contribution < 1.29 is 19.1 Å². The second-order valence-corrected chi connectivity index (χ2v) is 6.36. The van der Waals surface area contributed by atoms with Crippen LogP contribution in [-0.4, -0.2) is 55.8 Å². The van der Waals surface area contributed by atoms with E-state index in [-0.39, 0.29) is 18.0 Å². The highest BCUT2D eigenvalue weighted by Crippen LogP contribution is 2.25. The number of carbonyl (C=O) groups excluding carboxylic acids is 2. The fraction of sp³-hybridized carbons (Fsp3) is 0.556. The van der Waals surface area contributed by atoms with E-state index in [1.54, 1.807) is 24.1 Å². The van der Waals surface area contributed by atoms with Crippen LogP contribution in [0.25, 0.3) is 0 Å². The predicted octanol–water partition coefficient (Wildman–Crippen LogP) is 1.99. The lowest BCUT2D eigenvalue weighted by molar-refractivity contribution is -0.125. The first-order valence-corrected chi connectivity index (χ1v) is 8.79. The molecule has 1 aromatic rings. The first kappa shape index (κ1) is 17.5. The van der Waals surface area contributed by atoms with Crippen molar-refractivity contribution in [3.63, 3.8) is 0 Å². The second-order valence-electron chi connectivity index (χ2n) is 6.36. The van der Waals surface area contributed by atoms with E-state index in [0.29, 0.717) is 30.9 Å². The van der Waals surface area contributed by atoms with Crippen LogP contribution in [0.2, 0.25) is 0 Å². The van der Waals surface area contributed by atoms with E-state index in [1.165, 1.54) is 0 Å². The number of amides is 3. The van der Waals surface area contributed by atoms with Gasteiger partial charge in [0.05, 0.1) is 18.9 Å². The van der Waals surface area contributed by atoms with Crippen molar-refractivity contribution in [3.8, 4) is 5.75 Å². The fourth-order valence-corrected chi connectivity index (χ4v) is 3.35. The van der Waals surface area contributed by atoms with E-state index in [4.69, 9.17) is 9.47 Å². The van der Waals surface area contributed by atoms with E-state index < -0.39 is 6.04 Å². The molecule has 0 saturated carbocycles. The van der Waals surface area contributed by atoms with Gasteiger partial charge in [-0.2, -0.15) is 0 Å². The highest BCUT2D eigenvalue weighted by molar-refractivity contribution is 5.95. The molecule has 3 rings (SSSR count). The third kappa shape index (κ3) is 4.22. The van der Waals surface area contributed by atoms with Crippen LogP contribution in [0, 0.1) is 0 Å². The highest BCUT2D eigenvalue weighted by atomic mass is 16.5. The average molecular weight is 347 g/mol. The minimum Gasteiger partial charge on any atom is -0.495 e. The minimum absolute atomic E-state index is 0.0983. The summed E-state index contributed by atoms with van der Waals surface area (Å²) in [5.74, 6) is 0.484. The van der Waals surface area contributed by atoms with E-state index >= 15 is 0 Å². The minimum atomic E-state index is -0.434. The van der Waals surface area contributed by atoms with Gasteiger partial charge in [0.15, 0.2) is 0 Å². The number of hydrogen-bond acceptors (Lipinski definition) is 4. The third-order valence-corrected chi connectivity index (χ3v) is 4.69. The summed E-state index contributed by atoms with van der Waals surface area (Å²) in [6.07, 6.45) is 3.61. The largest absolute Gasteiger partial charge is 0.495 e. The monoisotopic (exact) mass is 347 g/mol. The van der Waals surface area contributed by atoms with Crippen LogP contribution in [0.5, 0.6) is 5.75 Å². The van der Waals surface area contributed by atoms with Gasteiger partial charge in [0, 0.05) is 19.7 Å². The molecule has 2 aliphatic heterocycles. The Labute approximate surface area is 147 Å². The molecule has 0 radical (unpaired) electrons. The van der Waals surface area contributed by atoms with Gasteiger partial charge in [-0.15, -0.1) is 0 Å². The molecular weight excluding hydrogens is 322 g/mol. The van der Waals surface area contributed by atoms with Crippen LogP contribution in [0.15, 0.2) is 24.3 Å². The van der Waals surface area contributed by atoms with E-state index in [0.717, 1.165) is 25.9 Å². The number of ether oxygens (including phenoxy) is 2. The number of nitrogens with one attached hydrogen (secondary N) is 2. The number of rotatable bonds is 5. The van der Waals surface area contributed by atoms with Crippen LogP contribution in [0.3, 0.4) is 0 Å². The standard InChI is InChI=1S/C18H25N3O4/c1-24-16-9-3-2-7-14(16)20-18(23)21-10-4-8-15(21)17(22)19-12-13-6-5-11-25-13/h2-3,7,9,13,15H,4-6,8,10-12H2,1H3,(H,19,22)(H,20,23)/t13-,15-/m1/s1. The van der Waals surface area contributed by atoms with Crippen LogP contribution in [0.1, 0.15) is 25.7 Å². The zero-order valence-corrected chi connectivity index (χ0v) is 14.5. The summed E-state index contributed by atoms with van der Waals surface area (Å²) in [5, 5.41) is 5.77. The second kappa shape index (κ2) is 8.20. The number of hydrogen-bond donors (Lipinski definition) is 2. The van der Waals surface area contributed by atoms with Crippen molar-refractivity contribution in [2.45, 2.75) is 37.8 Å². The molecule has 2 heterocycles. The predicted molar refractivity (Wildman–Crippen MR) is 93.7 cm³/mol. The Morgan fingerprint density at radius 3 is 2.88 bits per heavy atom. The van der Waals surface area contributed by atoms with Gasteiger partial charge in [-0.05, 0) is 37.8 Å². The Morgan fingerprint density at radius 2 is 2.12 bits per heavy atom. The van der Waals surface area contributed by atoms with Crippen molar-refractivity contribution in [3.05, 3.63) is 24.3 Å². The van der Waals surface area contributed by atoms with Gasteiger partial charge in [0.1, 0.15) is 11.8 Å². The topological polar surface area (TPSA) is 79.9 Å². The summed E-state index contributed by atoms with van der Waals surface area (Å²) in [6, 6.07) is 6.51. The van der Waals surface area contributed by atoms with Crippen molar-refractivity contribution in [1.29, 1.82) is 0 Å². The van der Waals surface area contributed by atoms with E-state index in [2.05, 4.69) is 10.6 Å². The molecule has 2 fully saturated rings. The first-order chi connectivity index (χ1) is 12.2. The Kier molecular flexibility index (Phi) is 5.75. The first-order valence-electron chi connectivity index (χ1n) is 8.79. The Hall–Kier alpha value is -2.28. The van der Waals surface area contributed by atoms with Gasteiger partial charge in [-0.3, -0.25) is 4.79 Å². The van der Waals surface area contributed by atoms with Crippen LogP contribution in [-0.2, 0) is 9.53 Å². The van der Waals surface area contributed by atoms with Crippen LogP contribution < -0.4 is 15.4 Å². The molecule has 3 amide bonds. The molecule has 2 N–H and O–H groups in total. The SMILES string of the molecule is COc1ccccc1NC(=O)N1CCC[C@@H]1C(=O)NC[C@H]1CCCO1. The molecule has 0 aromatic heterocycles. The number of para-hydroxylation sites is 2. The molecule has 7 nitrogen and oxygen atoms in total. The van der Waals surface area contributed by atoms with Crippen molar-refractivity contribution in [2.24, 2.45) is 0 Å². The highest BCUT2D eigenvalue weighted by Gasteiger charge is 2.34. The maximum Gasteiger partial charge on any atom is 0.322 e. The summed E-state index contributed by atoms with van der Waals surface area (Å²) in [4.78, 5) is 26.7. The molecule has 0 spiro atoms. The number of urea groups is 1. The Morgan fingerprint density at radius 1 is 1.28 bits per heavy atom. The Bertz CT molecular complexity index is 616. The molecule has 0 aliphatic carbocycles. The molecule has 7 heteroatoms. The smallest absolute Gasteiger partial charge is 0.322 e. The maximum absolute atomic E-state index is 12.6. The number of methoxy groups -OCH3 is 1. The van der Waals surface area contributed by atoms with Gasteiger partial charge < -0.3 is 25.0 Å². The molecule has 136 valence electrons. The van der Waals surface area contributed by atoms with Gasteiger partial charge in [0.25, 0.3) is 0 Å². The van der Waals surface area contributed by atoms with Gasteiger partial charge in [0.2, 0.25) is 5.91 Å². The summed E-state index contributed by atoms with van der Waals surface area (Å²) in [7, 11) is 1.56. The number of likely N-dealkylation sites (tertiary alicyclic amines) is 1. The lowest BCUT2D eigenvalue weighted by Gasteiger charge is -2.25. The summed E-state index contributed by atoms with van der Waals surface area (Å²) >= 11 is 0. The number of benzene rings is 1. The summed E-state index contributed by atoms with van der Waals surface area (Å²) < 4.78 is 10.8. The number of nitrogens with zero attached hydrogens (tertiary/aromatic N) is 1. The van der Waals surface area contributed by atoms with Gasteiger partial charge in [-0.25, -0.2) is 4.79 Å². The van der Waals surface area contributed by atoms with E-state index in [1.807, 2.05) is 12.1 Å². The molecule has 2 aliphatic rings.